The number of hydrogen-bond acceptors (Lipinski definition) is 3. The van der Waals surface area contributed by atoms with Crippen LogP contribution in [0.4, 0.5) is 0 Å². The molecule has 2 N–H and O–H groups in total. The summed E-state index contributed by atoms with van der Waals surface area (Å²) >= 11 is 0. The first-order valence-corrected chi connectivity index (χ1v) is 6.87. The molecule has 1 saturated heterocycles. The zero-order valence-corrected chi connectivity index (χ0v) is 11.6. The normalized spacial score (nSPS) is 20.4. The van der Waals surface area contributed by atoms with Gasteiger partial charge >= 0.3 is 0 Å². The van der Waals surface area contributed by atoms with Gasteiger partial charge in [-0.15, -0.1) is 0 Å². The van der Waals surface area contributed by atoms with Crippen molar-refractivity contribution in [2.45, 2.75) is 38.3 Å². The first kappa shape index (κ1) is 13.9. The van der Waals surface area contributed by atoms with Crippen molar-refractivity contribution in [3.8, 4) is 5.75 Å². The van der Waals surface area contributed by atoms with Gasteiger partial charge in [0.15, 0.2) is 0 Å². The molecule has 1 amide bonds. The van der Waals surface area contributed by atoms with Crippen molar-refractivity contribution in [2.24, 2.45) is 5.73 Å². The van der Waals surface area contributed by atoms with Crippen molar-refractivity contribution < 1.29 is 9.53 Å². The standard InChI is InChI=1S/C15H22N2O2/c1-3-13(16)15(18)17-9-5-8-14(17)11-6-4-7-12(10-11)19-2/h4,6-7,10,13-14H,3,5,8-9,16H2,1-2H3/t13-,14?/m1/s1. The van der Waals surface area contributed by atoms with Crippen LogP contribution in [0.5, 0.6) is 5.75 Å². The van der Waals surface area contributed by atoms with Gasteiger partial charge in [-0.25, -0.2) is 0 Å². The monoisotopic (exact) mass is 262 g/mol. The minimum atomic E-state index is -0.383. The van der Waals surface area contributed by atoms with E-state index in [4.69, 9.17) is 10.5 Å². The fraction of sp³-hybridized carbons (Fsp3) is 0.533. The van der Waals surface area contributed by atoms with Crippen LogP contribution in [-0.4, -0.2) is 30.5 Å². The van der Waals surface area contributed by atoms with E-state index in [0.717, 1.165) is 30.7 Å². The van der Waals surface area contributed by atoms with Crippen LogP contribution in [-0.2, 0) is 4.79 Å². The number of nitrogens with two attached hydrogens (primary N) is 1. The number of methoxy groups -OCH3 is 1. The maximum Gasteiger partial charge on any atom is 0.239 e. The number of rotatable bonds is 4. The highest BCUT2D eigenvalue weighted by Gasteiger charge is 2.32. The van der Waals surface area contributed by atoms with Gasteiger partial charge in [-0.3, -0.25) is 4.79 Å². The van der Waals surface area contributed by atoms with Crippen LogP contribution in [0.3, 0.4) is 0 Å². The van der Waals surface area contributed by atoms with Gasteiger partial charge in [0.1, 0.15) is 5.75 Å². The molecule has 4 nitrogen and oxygen atoms in total. The molecular formula is C15H22N2O2. The van der Waals surface area contributed by atoms with E-state index in [1.165, 1.54) is 0 Å². The average Bonchev–Trinajstić information content (AvgIpc) is 2.95. The summed E-state index contributed by atoms with van der Waals surface area (Å²) in [4.78, 5) is 14.2. The lowest BCUT2D eigenvalue weighted by Gasteiger charge is -2.27. The van der Waals surface area contributed by atoms with Gasteiger partial charge in [0, 0.05) is 6.54 Å². The van der Waals surface area contributed by atoms with Crippen LogP contribution in [0.25, 0.3) is 0 Å². The minimum absolute atomic E-state index is 0.0628. The molecule has 4 heteroatoms. The Hall–Kier alpha value is -1.55. The molecule has 1 aromatic rings. The molecule has 104 valence electrons. The Balaban J connectivity index is 2.20. The predicted octanol–water partition coefficient (Wildman–Crippen LogP) is 2.10. The maximum atomic E-state index is 12.3. The number of benzene rings is 1. The van der Waals surface area contributed by atoms with Crippen LogP contribution in [0.15, 0.2) is 24.3 Å². The molecule has 1 unspecified atom stereocenters. The van der Waals surface area contributed by atoms with Crippen LogP contribution in [0.1, 0.15) is 37.8 Å². The van der Waals surface area contributed by atoms with Crippen molar-refractivity contribution in [1.82, 2.24) is 4.90 Å². The molecule has 0 radical (unpaired) electrons. The molecule has 1 aliphatic heterocycles. The molecule has 2 rings (SSSR count). The Morgan fingerprint density at radius 2 is 2.37 bits per heavy atom. The molecule has 0 spiro atoms. The van der Waals surface area contributed by atoms with Crippen molar-refractivity contribution in [3.05, 3.63) is 29.8 Å². The predicted molar refractivity (Wildman–Crippen MR) is 74.9 cm³/mol. The summed E-state index contributed by atoms with van der Waals surface area (Å²) in [5, 5.41) is 0. The minimum Gasteiger partial charge on any atom is -0.497 e. The highest BCUT2D eigenvalue weighted by atomic mass is 16.5. The number of nitrogens with zero attached hydrogens (tertiary/aromatic N) is 1. The molecule has 0 bridgehead atoms. The average molecular weight is 262 g/mol. The van der Waals surface area contributed by atoms with E-state index in [1.54, 1.807) is 7.11 Å². The SMILES string of the molecule is CC[C@@H](N)C(=O)N1CCCC1c1cccc(OC)c1. The van der Waals surface area contributed by atoms with Gasteiger partial charge in [-0.05, 0) is 37.0 Å². The van der Waals surface area contributed by atoms with Crippen molar-refractivity contribution in [2.75, 3.05) is 13.7 Å². The van der Waals surface area contributed by atoms with Gasteiger partial charge in [0.05, 0.1) is 19.2 Å². The highest BCUT2D eigenvalue weighted by Crippen LogP contribution is 2.33. The maximum absolute atomic E-state index is 12.3. The van der Waals surface area contributed by atoms with Gasteiger partial charge < -0.3 is 15.4 Å². The Morgan fingerprint density at radius 1 is 1.58 bits per heavy atom. The summed E-state index contributed by atoms with van der Waals surface area (Å²) in [6.07, 6.45) is 2.71. The Bertz CT molecular complexity index is 448. The Labute approximate surface area is 114 Å². The van der Waals surface area contributed by atoms with E-state index in [2.05, 4.69) is 6.07 Å². The second kappa shape index (κ2) is 6.06. The fourth-order valence-corrected chi connectivity index (χ4v) is 2.61. The summed E-state index contributed by atoms with van der Waals surface area (Å²) in [6, 6.07) is 7.70. The first-order valence-electron chi connectivity index (χ1n) is 6.87. The topological polar surface area (TPSA) is 55.6 Å². The summed E-state index contributed by atoms with van der Waals surface area (Å²) in [7, 11) is 1.66. The smallest absolute Gasteiger partial charge is 0.239 e. The fourth-order valence-electron chi connectivity index (χ4n) is 2.61. The Morgan fingerprint density at radius 3 is 3.05 bits per heavy atom. The third-order valence-corrected chi connectivity index (χ3v) is 3.77. The zero-order chi connectivity index (χ0) is 13.8. The number of amides is 1. The third kappa shape index (κ3) is 2.89. The van der Waals surface area contributed by atoms with Crippen molar-refractivity contribution in [1.29, 1.82) is 0 Å². The highest BCUT2D eigenvalue weighted by molar-refractivity contribution is 5.82. The molecule has 1 aromatic carbocycles. The third-order valence-electron chi connectivity index (χ3n) is 3.77. The summed E-state index contributed by atoms with van der Waals surface area (Å²) < 4.78 is 5.25. The zero-order valence-electron chi connectivity index (χ0n) is 11.6. The lowest BCUT2D eigenvalue weighted by Crippen LogP contribution is -2.43. The van der Waals surface area contributed by atoms with Crippen LogP contribution in [0.2, 0.25) is 0 Å². The number of likely N-dealkylation sites (tertiary alicyclic amines) is 1. The molecular weight excluding hydrogens is 240 g/mol. The van der Waals surface area contributed by atoms with Crippen LogP contribution >= 0.6 is 0 Å². The van der Waals surface area contributed by atoms with E-state index in [-0.39, 0.29) is 18.0 Å². The molecule has 19 heavy (non-hydrogen) atoms. The number of carbonyl (C=O) groups is 1. The van der Waals surface area contributed by atoms with Crippen LogP contribution in [0, 0.1) is 0 Å². The second-order valence-electron chi connectivity index (χ2n) is 4.98. The molecule has 0 aromatic heterocycles. The number of hydrogen-bond donors (Lipinski definition) is 1. The first-order chi connectivity index (χ1) is 9.17. The summed E-state index contributed by atoms with van der Waals surface area (Å²) in [5.74, 6) is 0.893. The van der Waals surface area contributed by atoms with Gasteiger partial charge in [0.2, 0.25) is 5.91 Å². The lowest BCUT2D eigenvalue weighted by molar-refractivity contribution is -0.133. The molecule has 1 heterocycles. The van der Waals surface area contributed by atoms with Crippen molar-refractivity contribution >= 4 is 5.91 Å². The largest absolute Gasteiger partial charge is 0.497 e. The number of ether oxygens (including phenoxy) is 1. The summed E-state index contributed by atoms with van der Waals surface area (Å²) in [6.45, 7) is 2.74. The second-order valence-corrected chi connectivity index (χ2v) is 4.98. The van der Waals surface area contributed by atoms with E-state index >= 15 is 0 Å². The molecule has 0 saturated carbocycles. The van der Waals surface area contributed by atoms with Crippen molar-refractivity contribution in [3.63, 3.8) is 0 Å². The van der Waals surface area contributed by atoms with E-state index in [9.17, 15) is 4.79 Å². The summed E-state index contributed by atoms with van der Waals surface area (Å²) in [5.41, 5.74) is 7.01. The van der Waals surface area contributed by atoms with Gasteiger partial charge in [-0.2, -0.15) is 0 Å². The quantitative estimate of drug-likeness (QED) is 0.904. The van der Waals surface area contributed by atoms with E-state index in [0.29, 0.717) is 6.42 Å². The Kier molecular flexibility index (Phi) is 4.43. The number of carbonyl (C=O) groups excluding carboxylic acids is 1. The molecule has 1 aliphatic rings. The molecule has 1 fully saturated rings. The van der Waals surface area contributed by atoms with E-state index < -0.39 is 0 Å². The van der Waals surface area contributed by atoms with Gasteiger partial charge in [0.25, 0.3) is 0 Å². The lowest BCUT2D eigenvalue weighted by atomic mass is 10.0. The van der Waals surface area contributed by atoms with E-state index in [1.807, 2.05) is 30.0 Å². The molecule has 0 aliphatic carbocycles. The molecule has 2 atom stereocenters. The van der Waals surface area contributed by atoms with Gasteiger partial charge in [-0.1, -0.05) is 19.1 Å². The van der Waals surface area contributed by atoms with Crippen LogP contribution < -0.4 is 10.5 Å².